The van der Waals surface area contributed by atoms with Gasteiger partial charge >= 0.3 is 0 Å². The van der Waals surface area contributed by atoms with Crippen LogP contribution in [0.25, 0.3) is 0 Å². The third-order valence-electron chi connectivity index (χ3n) is 3.37. The fourth-order valence-electron chi connectivity index (χ4n) is 1.82. The lowest BCUT2D eigenvalue weighted by molar-refractivity contribution is -0.123. The Morgan fingerprint density at radius 1 is 1.22 bits per heavy atom. The Morgan fingerprint density at radius 3 is 2.35 bits per heavy atom. The maximum absolute atomic E-state index is 12.0. The van der Waals surface area contributed by atoms with Crippen molar-refractivity contribution in [3.8, 4) is 0 Å². The molecule has 0 aliphatic rings. The van der Waals surface area contributed by atoms with Gasteiger partial charge in [-0.3, -0.25) is 9.59 Å². The van der Waals surface area contributed by atoms with E-state index in [1.807, 2.05) is 46.8 Å². The molecular formula is C17H28ClN3O2. The van der Waals surface area contributed by atoms with Crippen LogP contribution >= 0.6 is 12.4 Å². The minimum Gasteiger partial charge on any atom is -0.326 e. The molecule has 23 heavy (non-hydrogen) atoms. The Hall–Kier alpha value is -1.59. The largest absolute Gasteiger partial charge is 0.326 e. The van der Waals surface area contributed by atoms with E-state index in [0.29, 0.717) is 17.8 Å². The number of aryl methyl sites for hydroxylation is 1. The lowest BCUT2D eigenvalue weighted by Gasteiger charge is -2.19. The molecule has 0 aliphatic heterocycles. The van der Waals surface area contributed by atoms with Crippen LogP contribution in [-0.2, 0) is 9.59 Å². The highest BCUT2D eigenvalue weighted by atomic mass is 35.5. The summed E-state index contributed by atoms with van der Waals surface area (Å²) in [6, 6.07) is 4.92. The summed E-state index contributed by atoms with van der Waals surface area (Å²) >= 11 is 0. The van der Waals surface area contributed by atoms with Crippen molar-refractivity contribution in [1.29, 1.82) is 0 Å². The maximum Gasteiger partial charge on any atom is 0.241 e. The molecule has 0 saturated heterocycles. The molecule has 4 N–H and O–H groups in total. The van der Waals surface area contributed by atoms with E-state index >= 15 is 0 Å². The summed E-state index contributed by atoms with van der Waals surface area (Å²) in [4.78, 5) is 24.1. The Morgan fingerprint density at radius 2 is 1.83 bits per heavy atom. The first-order chi connectivity index (χ1) is 10.1. The first-order valence-corrected chi connectivity index (χ1v) is 7.63. The molecule has 2 amide bonds. The van der Waals surface area contributed by atoms with E-state index in [9.17, 15) is 9.59 Å². The van der Waals surface area contributed by atoms with E-state index < -0.39 is 11.5 Å². The summed E-state index contributed by atoms with van der Waals surface area (Å²) in [5.41, 5.74) is 7.59. The van der Waals surface area contributed by atoms with Gasteiger partial charge in [0, 0.05) is 16.8 Å². The summed E-state index contributed by atoms with van der Waals surface area (Å²) in [6.45, 7) is 9.44. The minimum atomic E-state index is -0.516. The zero-order chi connectivity index (χ0) is 16.9. The van der Waals surface area contributed by atoms with Crippen molar-refractivity contribution >= 4 is 35.6 Å². The van der Waals surface area contributed by atoms with Gasteiger partial charge in [0.15, 0.2) is 0 Å². The Bertz CT molecular complexity index is 553. The molecule has 1 aromatic carbocycles. The van der Waals surface area contributed by atoms with E-state index in [0.717, 1.165) is 12.0 Å². The second kappa shape index (κ2) is 8.89. The van der Waals surface area contributed by atoms with E-state index in [1.54, 1.807) is 6.07 Å². The van der Waals surface area contributed by atoms with Crippen LogP contribution in [0.4, 0.5) is 11.4 Å². The van der Waals surface area contributed by atoms with Crippen LogP contribution in [0, 0.1) is 12.3 Å². The summed E-state index contributed by atoms with van der Waals surface area (Å²) in [6.07, 6.45) is 1.50. The summed E-state index contributed by atoms with van der Waals surface area (Å²) in [5, 5.41) is 5.69. The average Bonchev–Trinajstić information content (AvgIpc) is 2.41. The molecule has 0 heterocycles. The highest BCUT2D eigenvalue weighted by Gasteiger charge is 2.21. The van der Waals surface area contributed by atoms with Crippen LogP contribution in [0.5, 0.6) is 0 Å². The normalized spacial score (nSPS) is 12.1. The van der Waals surface area contributed by atoms with Crippen molar-refractivity contribution in [1.82, 2.24) is 0 Å². The van der Waals surface area contributed by atoms with Gasteiger partial charge in [0.25, 0.3) is 0 Å². The lowest BCUT2D eigenvalue weighted by atomic mass is 9.95. The predicted molar refractivity (Wildman–Crippen MR) is 98.0 cm³/mol. The monoisotopic (exact) mass is 341 g/mol. The van der Waals surface area contributed by atoms with Gasteiger partial charge in [0.05, 0.1) is 6.04 Å². The zero-order valence-corrected chi connectivity index (χ0v) is 15.3. The predicted octanol–water partition coefficient (Wildman–Crippen LogP) is 3.47. The second-order valence-corrected chi connectivity index (χ2v) is 6.62. The van der Waals surface area contributed by atoms with E-state index in [2.05, 4.69) is 10.6 Å². The van der Waals surface area contributed by atoms with Crippen LogP contribution in [0.15, 0.2) is 18.2 Å². The number of anilines is 2. The fourth-order valence-corrected chi connectivity index (χ4v) is 1.82. The first-order valence-electron chi connectivity index (χ1n) is 7.63. The van der Waals surface area contributed by atoms with Crippen LogP contribution in [0.3, 0.4) is 0 Å². The summed E-state index contributed by atoms with van der Waals surface area (Å²) < 4.78 is 0. The second-order valence-electron chi connectivity index (χ2n) is 6.62. The van der Waals surface area contributed by atoms with Gasteiger partial charge in [-0.1, -0.05) is 40.2 Å². The van der Waals surface area contributed by atoms with Crippen LogP contribution in [-0.4, -0.2) is 17.9 Å². The third kappa shape index (κ3) is 6.59. The molecule has 0 aromatic heterocycles. The molecule has 1 unspecified atom stereocenters. The highest BCUT2D eigenvalue weighted by molar-refractivity contribution is 5.98. The molecule has 0 radical (unpaired) electrons. The highest BCUT2D eigenvalue weighted by Crippen LogP contribution is 2.23. The molecule has 5 nitrogen and oxygen atoms in total. The number of hydrogen-bond donors (Lipinski definition) is 3. The van der Waals surface area contributed by atoms with Gasteiger partial charge in [-0.25, -0.2) is 0 Å². The topological polar surface area (TPSA) is 84.2 Å². The summed E-state index contributed by atoms with van der Waals surface area (Å²) in [5.74, 6) is -0.277. The number of nitrogens with one attached hydrogen (secondary N) is 2. The molecule has 6 heteroatoms. The molecule has 0 bridgehead atoms. The standard InChI is InChI=1S/C17H27N3O2.ClH/c1-6-7-13(18)15(21)20-14-10-12(9-8-11(14)2)19-16(22)17(3,4)5;/h8-10,13H,6-7,18H2,1-5H3,(H,19,22)(H,20,21);1H. The molecule has 1 atom stereocenters. The van der Waals surface area contributed by atoms with E-state index in [4.69, 9.17) is 5.73 Å². The van der Waals surface area contributed by atoms with Crippen molar-refractivity contribution in [2.45, 2.75) is 53.5 Å². The van der Waals surface area contributed by atoms with Gasteiger partial charge in [-0.2, -0.15) is 0 Å². The lowest BCUT2D eigenvalue weighted by Crippen LogP contribution is -2.35. The number of carbonyl (C=O) groups is 2. The first kappa shape index (κ1) is 21.4. The van der Waals surface area contributed by atoms with Gasteiger partial charge in [-0.15, -0.1) is 12.4 Å². The Labute approximate surface area is 144 Å². The Kier molecular flexibility index (Phi) is 8.28. The van der Waals surface area contributed by atoms with Crippen LogP contribution in [0.2, 0.25) is 0 Å². The molecule has 0 aliphatic carbocycles. The molecular weight excluding hydrogens is 314 g/mol. The van der Waals surface area contributed by atoms with Crippen molar-refractivity contribution in [3.05, 3.63) is 23.8 Å². The number of hydrogen-bond acceptors (Lipinski definition) is 3. The number of halogens is 1. The SMILES string of the molecule is CCCC(N)C(=O)Nc1cc(NC(=O)C(C)(C)C)ccc1C.Cl. The zero-order valence-electron chi connectivity index (χ0n) is 14.5. The number of nitrogens with two attached hydrogens (primary N) is 1. The minimum absolute atomic E-state index is 0. The van der Waals surface area contributed by atoms with E-state index in [1.165, 1.54) is 0 Å². The van der Waals surface area contributed by atoms with Crippen LogP contribution < -0.4 is 16.4 Å². The van der Waals surface area contributed by atoms with Crippen molar-refractivity contribution < 1.29 is 9.59 Å². The van der Waals surface area contributed by atoms with Crippen molar-refractivity contribution in [2.24, 2.45) is 11.1 Å². The number of benzene rings is 1. The molecule has 1 aromatic rings. The van der Waals surface area contributed by atoms with Crippen molar-refractivity contribution in [3.63, 3.8) is 0 Å². The number of amides is 2. The third-order valence-corrected chi connectivity index (χ3v) is 3.37. The quantitative estimate of drug-likeness (QED) is 0.766. The van der Waals surface area contributed by atoms with Crippen LogP contribution in [0.1, 0.15) is 46.1 Å². The summed E-state index contributed by atoms with van der Waals surface area (Å²) in [7, 11) is 0. The Balaban J connectivity index is 0.00000484. The molecule has 1 rings (SSSR count). The van der Waals surface area contributed by atoms with Crippen molar-refractivity contribution in [2.75, 3.05) is 10.6 Å². The van der Waals surface area contributed by atoms with Gasteiger partial charge < -0.3 is 16.4 Å². The fraction of sp³-hybridized carbons (Fsp3) is 0.529. The molecule has 0 fully saturated rings. The van der Waals surface area contributed by atoms with Gasteiger partial charge in [-0.05, 0) is 31.0 Å². The van der Waals surface area contributed by atoms with Gasteiger partial charge in [0.1, 0.15) is 0 Å². The average molecular weight is 342 g/mol. The number of rotatable bonds is 5. The van der Waals surface area contributed by atoms with E-state index in [-0.39, 0.29) is 24.2 Å². The molecule has 130 valence electrons. The van der Waals surface area contributed by atoms with Gasteiger partial charge in [0.2, 0.25) is 11.8 Å². The smallest absolute Gasteiger partial charge is 0.241 e. The molecule has 0 spiro atoms. The molecule has 0 saturated carbocycles. The maximum atomic E-state index is 12.0. The number of carbonyl (C=O) groups excluding carboxylic acids is 2.